The minimum atomic E-state index is -0.683. The van der Waals surface area contributed by atoms with E-state index in [4.69, 9.17) is 5.41 Å². The Morgan fingerprint density at radius 1 is 1.29 bits per heavy atom. The van der Waals surface area contributed by atoms with Gasteiger partial charge in [0, 0.05) is 7.05 Å². The number of nitrogens with zero attached hydrogens (tertiary/aromatic N) is 3. The van der Waals surface area contributed by atoms with Crippen LogP contribution < -0.4 is 5.41 Å². The molecule has 74 valence electrons. The van der Waals surface area contributed by atoms with Gasteiger partial charge in [-0.3, -0.25) is 15.0 Å². The lowest BCUT2D eigenvalue weighted by Gasteiger charge is -2.23. The molecule has 0 aromatic carbocycles. The predicted octanol–water partition coefficient (Wildman–Crippen LogP) is -2.73. The molecule has 0 saturated carbocycles. The van der Waals surface area contributed by atoms with Crippen molar-refractivity contribution >= 4 is 29.9 Å². The van der Waals surface area contributed by atoms with Gasteiger partial charge in [-0.25, -0.2) is 14.7 Å². The van der Waals surface area contributed by atoms with Crippen molar-refractivity contribution in [3.63, 3.8) is 0 Å². The average Bonchev–Trinajstić information content (AvgIpc) is 2.19. The summed E-state index contributed by atoms with van der Waals surface area (Å²) in [6.07, 6.45) is 0.206. The summed E-state index contributed by atoms with van der Waals surface area (Å²) in [6, 6.07) is -0.558. The molecule has 2 N–H and O–H groups in total. The molecular formula is C7H9N4O3+. The molecule has 0 atom stereocenters. The third kappa shape index (κ3) is 1.28. The van der Waals surface area contributed by atoms with Crippen molar-refractivity contribution in [2.45, 2.75) is 0 Å². The van der Waals surface area contributed by atoms with E-state index < -0.39 is 11.9 Å². The summed E-state index contributed by atoms with van der Waals surface area (Å²) in [7, 11) is 2.68. The Morgan fingerprint density at radius 2 is 1.86 bits per heavy atom. The molecule has 1 aliphatic heterocycles. The quantitative estimate of drug-likeness (QED) is 0.462. The van der Waals surface area contributed by atoms with Crippen molar-refractivity contribution in [2.24, 2.45) is 4.99 Å². The largest absolute Gasteiger partial charge is 0.418 e. The summed E-state index contributed by atoms with van der Waals surface area (Å²) in [6.45, 7) is 0. The molecule has 1 saturated heterocycles. The lowest BCUT2D eigenvalue weighted by atomic mass is 10.2. The zero-order chi connectivity index (χ0) is 10.9. The van der Waals surface area contributed by atoms with Gasteiger partial charge in [0.25, 0.3) is 5.91 Å². The molecule has 0 unspecified atom stereocenters. The number of carbonyl (C=O) groups excluding carboxylic acids is 3. The van der Waals surface area contributed by atoms with Crippen LogP contribution in [-0.4, -0.2) is 53.8 Å². The number of amidine groups is 1. The summed E-state index contributed by atoms with van der Waals surface area (Å²) in [5, 5.41) is 5.44. The van der Waals surface area contributed by atoms with Crippen LogP contribution >= 0.6 is 0 Å². The Morgan fingerprint density at radius 3 is 2.36 bits per heavy atom. The highest BCUT2D eigenvalue weighted by molar-refractivity contribution is 6.69. The first-order valence-corrected chi connectivity index (χ1v) is 3.70. The first kappa shape index (κ1) is 10.0. The second-order valence-electron chi connectivity index (χ2n) is 2.67. The molecule has 1 heterocycles. The fourth-order valence-electron chi connectivity index (χ4n) is 1.02. The number of rotatable bonds is 1. The van der Waals surface area contributed by atoms with Crippen molar-refractivity contribution < 1.29 is 19.8 Å². The highest BCUT2D eigenvalue weighted by Crippen LogP contribution is 2.04. The molecule has 0 aromatic rings. The van der Waals surface area contributed by atoms with Crippen LogP contribution in [0.4, 0.5) is 4.79 Å². The van der Waals surface area contributed by atoms with Crippen LogP contribution in [0.1, 0.15) is 0 Å². The van der Waals surface area contributed by atoms with E-state index >= 15 is 0 Å². The molecule has 1 rings (SSSR count). The van der Waals surface area contributed by atoms with E-state index in [2.05, 4.69) is 4.99 Å². The number of imide groups is 1. The average molecular weight is 197 g/mol. The van der Waals surface area contributed by atoms with E-state index in [1.807, 2.05) is 0 Å². The second-order valence-corrected chi connectivity index (χ2v) is 2.67. The standard InChI is InChI=1S/C7H8N4O3/c1-10-5(8)4(9-3-12)6(13)11(2)7(10)14/h3,8H,1-2H3/p+1. The first-order chi connectivity index (χ1) is 6.50. The van der Waals surface area contributed by atoms with Gasteiger partial charge in [-0.05, 0) is 0 Å². The van der Waals surface area contributed by atoms with Crippen LogP contribution in [0.2, 0.25) is 0 Å². The Kier molecular flexibility index (Phi) is 2.41. The van der Waals surface area contributed by atoms with Crippen LogP contribution in [0, 0.1) is 0 Å². The van der Waals surface area contributed by atoms with Crippen molar-refractivity contribution in [1.82, 2.24) is 9.80 Å². The summed E-state index contributed by atoms with van der Waals surface area (Å²) in [5.41, 5.74) is -0.218. The molecule has 0 bridgehead atoms. The van der Waals surface area contributed by atoms with Crippen LogP contribution in [0.15, 0.2) is 4.99 Å². The molecule has 7 heteroatoms. The summed E-state index contributed by atoms with van der Waals surface area (Å²) in [5.74, 6) is -0.803. The van der Waals surface area contributed by atoms with Gasteiger partial charge in [-0.2, -0.15) is 4.90 Å². The topological polar surface area (TPSA) is 95.6 Å². The second kappa shape index (κ2) is 3.36. The van der Waals surface area contributed by atoms with Crippen LogP contribution in [0.5, 0.6) is 0 Å². The van der Waals surface area contributed by atoms with Crippen LogP contribution in [0.25, 0.3) is 0 Å². The lowest BCUT2D eigenvalue weighted by Crippen LogP contribution is -2.66. The maximum absolute atomic E-state index is 11.4. The number of nitrogens with two attached hydrogens (primary N) is 1. The first-order valence-electron chi connectivity index (χ1n) is 3.70. The van der Waals surface area contributed by atoms with Gasteiger partial charge in [0.15, 0.2) is 0 Å². The molecule has 0 aliphatic carbocycles. The highest BCUT2D eigenvalue weighted by Gasteiger charge is 2.42. The Labute approximate surface area is 79.5 Å². The van der Waals surface area contributed by atoms with Gasteiger partial charge in [0.05, 0.1) is 7.05 Å². The summed E-state index contributed by atoms with van der Waals surface area (Å²) >= 11 is 0. The highest BCUT2D eigenvalue weighted by atomic mass is 16.2. The van der Waals surface area contributed by atoms with Gasteiger partial charge in [0.2, 0.25) is 12.1 Å². The number of carbonyl (C=O) groups is 3. The normalized spacial score (nSPS) is 20.7. The zero-order valence-electron chi connectivity index (χ0n) is 7.72. The maximum Gasteiger partial charge on any atom is 0.418 e. The minimum absolute atomic E-state index is 0.120. The maximum atomic E-state index is 11.4. The van der Waals surface area contributed by atoms with E-state index in [1.165, 1.54) is 14.1 Å². The number of hydrogen-bond acceptors (Lipinski definition) is 3. The van der Waals surface area contributed by atoms with Crippen molar-refractivity contribution in [2.75, 3.05) is 14.1 Å². The molecule has 0 spiro atoms. The van der Waals surface area contributed by atoms with E-state index in [9.17, 15) is 14.4 Å². The van der Waals surface area contributed by atoms with Crippen LogP contribution in [-0.2, 0) is 9.59 Å². The van der Waals surface area contributed by atoms with Crippen molar-refractivity contribution in [1.29, 1.82) is 0 Å². The van der Waals surface area contributed by atoms with E-state index in [1.54, 1.807) is 0 Å². The fourth-order valence-corrected chi connectivity index (χ4v) is 1.02. The fraction of sp³-hybridized carbons (Fsp3) is 0.286. The van der Waals surface area contributed by atoms with Gasteiger partial charge < -0.3 is 0 Å². The van der Waals surface area contributed by atoms with Crippen molar-refractivity contribution in [3.05, 3.63) is 0 Å². The third-order valence-corrected chi connectivity index (χ3v) is 1.87. The van der Waals surface area contributed by atoms with Crippen LogP contribution in [0.3, 0.4) is 0 Å². The molecule has 14 heavy (non-hydrogen) atoms. The van der Waals surface area contributed by atoms with Gasteiger partial charge >= 0.3 is 11.9 Å². The minimum Gasteiger partial charge on any atom is -0.285 e. The molecule has 1 fully saturated rings. The predicted molar refractivity (Wildman–Crippen MR) is 46.4 cm³/mol. The molecule has 0 radical (unpaired) electrons. The molecule has 4 amide bonds. The van der Waals surface area contributed by atoms with Gasteiger partial charge in [-0.15, -0.1) is 0 Å². The number of urea groups is 1. The summed E-state index contributed by atoms with van der Waals surface area (Å²) < 4.78 is 0. The van der Waals surface area contributed by atoms with E-state index in [0.29, 0.717) is 0 Å². The smallest absolute Gasteiger partial charge is 0.285 e. The zero-order valence-corrected chi connectivity index (χ0v) is 7.72. The Bertz CT molecular complexity index is 334. The van der Waals surface area contributed by atoms with Crippen molar-refractivity contribution in [3.8, 4) is 0 Å². The lowest BCUT2D eigenvalue weighted by molar-refractivity contribution is -0.129. The summed E-state index contributed by atoms with van der Waals surface area (Å²) in [4.78, 5) is 37.9. The molecule has 7 nitrogen and oxygen atoms in total. The monoisotopic (exact) mass is 197 g/mol. The molecule has 1 aliphatic rings. The Hall–Kier alpha value is -2.05. The molecular weight excluding hydrogens is 188 g/mol. The SMILES string of the molecule is CN1C(=[NH2+])C(=NC=O)C(=O)N(C)C1=O. The Balaban J connectivity index is 3.17. The number of amides is 4. The number of aliphatic imine (C=N–C) groups is 1. The number of hydrogen-bond donors (Lipinski definition) is 1. The molecule has 0 aromatic heterocycles. The van der Waals surface area contributed by atoms with Gasteiger partial charge in [0.1, 0.15) is 0 Å². The van der Waals surface area contributed by atoms with E-state index in [-0.39, 0.29) is 18.0 Å². The van der Waals surface area contributed by atoms with Gasteiger partial charge in [-0.1, -0.05) is 0 Å². The van der Waals surface area contributed by atoms with E-state index in [0.717, 1.165) is 9.80 Å². The third-order valence-electron chi connectivity index (χ3n) is 1.87.